The van der Waals surface area contributed by atoms with Crippen LogP contribution in [0.1, 0.15) is 63.7 Å². The van der Waals surface area contributed by atoms with Crippen LogP contribution >= 0.6 is 0 Å². The Bertz CT molecular complexity index is 595. The maximum atomic E-state index is 3.93. The highest BCUT2D eigenvalue weighted by Crippen LogP contribution is 2.32. The average Bonchev–Trinajstić information content (AvgIpc) is 2.67. The van der Waals surface area contributed by atoms with Crippen LogP contribution in [-0.4, -0.2) is 12.1 Å². The van der Waals surface area contributed by atoms with E-state index in [0.717, 1.165) is 11.8 Å². The third-order valence-corrected chi connectivity index (χ3v) is 6.24. The second-order valence-corrected chi connectivity index (χ2v) is 8.24. The van der Waals surface area contributed by atoms with Crippen molar-refractivity contribution in [2.75, 3.05) is 0 Å². The molecule has 26 heavy (non-hydrogen) atoms. The van der Waals surface area contributed by atoms with Gasteiger partial charge in [0.15, 0.2) is 0 Å². The van der Waals surface area contributed by atoms with Crippen molar-refractivity contribution in [2.24, 2.45) is 11.8 Å². The van der Waals surface area contributed by atoms with Crippen molar-refractivity contribution in [1.82, 2.24) is 10.6 Å². The number of hydrogen-bond donors (Lipinski definition) is 2. The number of rotatable bonds is 6. The van der Waals surface area contributed by atoms with E-state index in [4.69, 9.17) is 0 Å². The third-order valence-electron chi connectivity index (χ3n) is 6.24. The smallest absolute Gasteiger partial charge is 0.0295 e. The van der Waals surface area contributed by atoms with Crippen LogP contribution in [0, 0.1) is 11.8 Å². The Kier molecular flexibility index (Phi) is 6.50. The third kappa shape index (κ3) is 4.75. The molecule has 1 aliphatic carbocycles. The Morgan fingerprint density at radius 2 is 1.00 bits per heavy atom. The Morgan fingerprint density at radius 1 is 0.654 bits per heavy atom. The Morgan fingerprint density at radius 3 is 1.35 bits per heavy atom. The maximum absolute atomic E-state index is 3.93. The SMILES string of the molecule is C[C@H](N[C@@H]1C[C@H](C)[C@@H](C)C[C@H]1N[C@@H](C)c1ccccc1)c1ccccc1. The first kappa shape index (κ1) is 19.1. The van der Waals surface area contributed by atoms with E-state index in [9.17, 15) is 0 Å². The minimum Gasteiger partial charge on any atom is -0.306 e. The van der Waals surface area contributed by atoms with Gasteiger partial charge in [-0.2, -0.15) is 0 Å². The molecule has 0 bridgehead atoms. The predicted octanol–water partition coefficient (Wildman–Crippen LogP) is 5.49. The molecule has 1 saturated carbocycles. The van der Waals surface area contributed by atoms with E-state index >= 15 is 0 Å². The molecular weight excluding hydrogens is 316 g/mol. The lowest BCUT2D eigenvalue weighted by Gasteiger charge is -2.42. The summed E-state index contributed by atoms with van der Waals surface area (Å²) < 4.78 is 0. The first-order chi connectivity index (χ1) is 12.5. The first-order valence-corrected chi connectivity index (χ1v) is 10.2. The molecule has 0 heterocycles. The van der Waals surface area contributed by atoms with Gasteiger partial charge in [0, 0.05) is 24.2 Å². The lowest BCUT2D eigenvalue weighted by atomic mass is 9.75. The maximum Gasteiger partial charge on any atom is 0.0295 e. The van der Waals surface area contributed by atoms with Gasteiger partial charge in [-0.3, -0.25) is 0 Å². The van der Waals surface area contributed by atoms with Gasteiger partial charge in [-0.15, -0.1) is 0 Å². The standard InChI is InChI=1S/C24H34N2/c1-17-15-23(25-19(3)21-11-7-5-8-12-21)24(16-18(17)2)26-20(4)22-13-9-6-10-14-22/h5-14,17-20,23-26H,15-16H2,1-4H3/t17-,18-,19-,20-,23+,24+/m0/s1. The van der Waals surface area contributed by atoms with Crippen LogP contribution < -0.4 is 10.6 Å². The molecule has 0 spiro atoms. The summed E-state index contributed by atoms with van der Waals surface area (Å²) in [6.07, 6.45) is 2.47. The number of nitrogens with one attached hydrogen (secondary N) is 2. The fraction of sp³-hybridized carbons (Fsp3) is 0.500. The monoisotopic (exact) mass is 350 g/mol. The molecule has 2 aromatic carbocycles. The molecule has 2 heteroatoms. The van der Waals surface area contributed by atoms with Gasteiger partial charge in [0.1, 0.15) is 0 Å². The Hall–Kier alpha value is -1.64. The molecule has 0 amide bonds. The quantitative estimate of drug-likeness (QED) is 0.719. The van der Waals surface area contributed by atoms with Gasteiger partial charge in [0.05, 0.1) is 0 Å². The van der Waals surface area contributed by atoms with Crippen LogP contribution in [0.25, 0.3) is 0 Å². The molecule has 140 valence electrons. The molecule has 0 radical (unpaired) electrons. The molecule has 6 atom stereocenters. The molecular formula is C24H34N2. The van der Waals surface area contributed by atoms with Crippen LogP contribution in [0.5, 0.6) is 0 Å². The Labute approximate surface area is 159 Å². The van der Waals surface area contributed by atoms with Crippen LogP contribution in [0.3, 0.4) is 0 Å². The normalized spacial score (nSPS) is 28.5. The summed E-state index contributed by atoms with van der Waals surface area (Å²) in [5, 5.41) is 7.86. The van der Waals surface area contributed by atoms with Crippen molar-refractivity contribution in [3.8, 4) is 0 Å². The summed E-state index contributed by atoms with van der Waals surface area (Å²) in [5.41, 5.74) is 2.74. The summed E-state index contributed by atoms with van der Waals surface area (Å²) >= 11 is 0. The summed E-state index contributed by atoms with van der Waals surface area (Å²) in [4.78, 5) is 0. The second kappa shape index (κ2) is 8.83. The van der Waals surface area contributed by atoms with Crippen molar-refractivity contribution in [1.29, 1.82) is 0 Å². The Balaban J connectivity index is 1.70. The van der Waals surface area contributed by atoms with Crippen molar-refractivity contribution < 1.29 is 0 Å². The zero-order chi connectivity index (χ0) is 18.5. The zero-order valence-corrected chi connectivity index (χ0v) is 16.7. The van der Waals surface area contributed by atoms with Gasteiger partial charge in [-0.25, -0.2) is 0 Å². The predicted molar refractivity (Wildman–Crippen MR) is 111 cm³/mol. The van der Waals surface area contributed by atoms with Crippen molar-refractivity contribution in [2.45, 2.75) is 64.7 Å². The highest BCUT2D eigenvalue weighted by Gasteiger charge is 2.34. The topological polar surface area (TPSA) is 24.1 Å². The van der Waals surface area contributed by atoms with E-state index in [-0.39, 0.29) is 0 Å². The molecule has 1 aliphatic rings. The van der Waals surface area contributed by atoms with Crippen LogP contribution in [0.15, 0.2) is 60.7 Å². The number of benzene rings is 2. The van der Waals surface area contributed by atoms with Gasteiger partial charge in [0.25, 0.3) is 0 Å². The molecule has 0 unspecified atom stereocenters. The van der Waals surface area contributed by atoms with E-state index in [2.05, 4.69) is 99.0 Å². The lowest BCUT2D eigenvalue weighted by Crippen LogP contribution is -2.54. The highest BCUT2D eigenvalue weighted by atomic mass is 15.1. The molecule has 0 aromatic heterocycles. The van der Waals surface area contributed by atoms with Gasteiger partial charge in [-0.1, -0.05) is 74.5 Å². The summed E-state index contributed by atoms with van der Waals surface area (Å²) in [6, 6.07) is 23.4. The first-order valence-electron chi connectivity index (χ1n) is 10.2. The van der Waals surface area contributed by atoms with E-state index < -0.39 is 0 Å². The minimum absolute atomic E-state index is 0.373. The lowest BCUT2D eigenvalue weighted by molar-refractivity contribution is 0.161. The molecule has 0 aliphatic heterocycles. The fourth-order valence-electron chi connectivity index (χ4n) is 4.28. The van der Waals surface area contributed by atoms with Gasteiger partial charge < -0.3 is 10.6 Å². The molecule has 0 saturated heterocycles. The van der Waals surface area contributed by atoms with Crippen molar-refractivity contribution >= 4 is 0 Å². The zero-order valence-electron chi connectivity index (χ0n) is 16.7. The van der Waals surface area contributed by atoms with Crippen molar-refractivity contribution in [3.05, 3.63) is 71.8 Å². The molecule has 3 rings (SSSR count). The summed E-state index contributed by atoms with van der Waals surface area (Å²) in [5.74, 6) is 1.53. The summed E-state index contributed by atoms with van der Waals surface area (Å²) in [6.45, 7) is 9.39. The molecule has 2 nitrogen and oxygen atoms in total. The molecule has 1 fully saturated rings. The second-order valence-electron chi connectivity index (χ2n) is 8.24. The molecule has 2 aromatic rings. The number of hydrogen-bond acceptors (Lipinski definition) is 2. The van der Waals surface area contributed by atoms with Gasteiger partial charge in [0.2, 0.25) is 0 Å². The molecule has 2 N–H and O–H groups in total. The van der Waals surface area contributed by atoms with E-state index in [1.54, 1.807) is 0 Å². The van der Waals surface area contributed by atoms with Gasteiger partial charge in [-0.05, 0) is 49.7 Å². The fourth-order valence-corrected chi connectivity index (χ4v) is 4.28. The van der Waals surface area contributed by atoms with E-state index in [1.165, 1.54) is 24.0 Å². The van der Waals surface area contributed by atoms with E-state index in [0.29, 0.717) is 24.2 Å². The minimum atomic E-state index is 0.373. The average molecular weight is 351 g/mol. The van der Waals surface area contributed by atoms with Crippen molar-refractivity contribution in [3.63, 3.8) is 0 Å². The largest absolute Gasteiger partial charge is 0.306 e. The van der Waals surface area contributed by atoms with Crippen LogP contribution in [-0.2, 0) is 0 Å². The van der Waals surface area contributed by atoms with Crippen LogP contribution in [0.4, 0.5) is 0 Å². The van der Waals surface area contributed by atoms with Gasteiger partial charge >= 0.3 is 0 Å². The summed E-state index contributed by atoms with van der Waals surface area (Å²) in [7, 11) is 0. The van der Waals surface area contributed by atoms with E-state index in [1.807, 2.05) is 0 Å². The highest BCUT2D eigenvalue weighted by molar-refractivity contribution is 5.20. The van der Waals surface area contributed by atoms with Crippen LogP contribution in [0.2, 0.25) is 0 Å².